The van der Waals surface area contributed by atoms with E-state index in [9.17, 15) is 4.79 Å². The van der Waals surface area contributed by atoms with Gasteiger partial charge in [0.15, 0.2) is 11.5 Å². The van der Waals surface area contributed by atoms with Crippen molar-refractivity contribution in [1.29, 1.82) is 0 Å². The molecule has 0 atom stereocenters. The fourth-order valence-corrected chi connectivity index (χ4v) is 2.55. The van der Waals surface area contributed by atoms with Gasteiger partial charge in [0.1, 0.15) is 0 Å². The third kappa shape index (κ3) is 5.52. The highest BCUT2D eigenvalue weighted by Crippen LogP contribution is 2.29. The SMILES string of the molecule is CCOc1ccc(CCC(=O)Nc2ccc(C)c(C)c2)cc1OCC. The zero-order valence-corrected chi connectivity index (χ0v) is 15.5. The fourth-order valence-electron chi connectivity index (χ4n) is 2.55. The summed E-state index contributed by atoms with van der Waals surface area (Å²) >= 11 is 0. The van der Waals surface area contributed by atoms with E-state index >= 15 is 0 Å². The molecule has 2 rings (SSSR count). The summed E-state index contributed by atoms with van der Waals surface area (Å²) in [6, 6.07) is 11.8. The molecule has 25 heavy (non-hydrogen) atoms. The quantitative estimate of drug-likeness (QED) is 0.759. The molecule has 0 saturated carbocycles. The number of nitrogens with one attached hydrogen (secondary N) is 1. The molecule has 0 fully saturated rings. The smallest absolute Gasteiger partial charge is 0.224 e. The van der Waals surface area contributed by atoms with Crippen molar-refractivity contribution in [3.8, 4) is 11.5 Å². The van der Waals surface area contributed by atoms with Crippen LogP contribution in [-0.4, -0.2) is 19.1 Å². The van der Waals surface area contributed by atoms with Crippen LogP contribution in [0.5, 0.6) is 11.5 Å². The highest BCUT2D eigenvalue weighted by atomic mass is 16.5. The molecule has 4 nitrogen and oxygen atoms in total. The molecular weight excluding hydrogens is 314 g/mol. The molecule has 0 aliphatic heterocycles. The molecule has 0 bridgehead atoms. The van der Waals surface area contributed by atoms with Crippen molar-refractivity contribution in [2.45, 2.75) is 40.5 Å². The van der Waals surface area contributed by atoms with Gasteiger partial charge in [-0.25, -0.2) is 0 Å². The molecule has 0 aliphatic carbocycles. The van der Waals surface area contributed by atoms with Gasteiger partial charge in [-0.05, 0) is 75.1 Å². The van der Waals surface area contributed by atoms with Crippen LogP contribution >= 0.6 is 0 Å². The predicted molar refractivity (Wildman–Crippen MR) is 102 cm³/mol. The maximum atomic E-state index is 12.2. The Balaban J connectivity index is 1.96. The van der Waals surface area contributed by atoms with Gasteiger partial charge in [-0.3, -0.25) is 4.79 Å². The Bertz CT molecular complexity index is 725. The standard InChI is InChI=1S/C21H27NO3/c1-5-24-19-11-8-17(14-20(19)25-6-2)9-12-21(23)22-18-10-7-15(3)16(4)13-18/h7-8,10-11,13-14H,5-6,9,12H2,1-4H3,(H,22,23). The molecule has 0 aromatic heterocycles. The van der Waals surface area contributed by atoms with Crippen molar-refractivity contribution >= 4 is 11.6 Å². The maximum absolute atomic E-state index is 12.2. The van der Waals surface area contributed by atoms with Crippen molar-refractivity contribution < 1.29 is 14.3 Å². The van der Waals surface area contributed by atoms with Gasteiger partial charge in [0.2, 0.25) is 5.91 Å². The molecule has 2 aromatic rings. The van der Waals surface area contributed by atoms with E-state index < -0.39 is 0 Å². The second kappa shape index (κ2) is 9.11. The molecular formula is C21H27NO3. The van der Waals surface area contributed by atoms with Crippen molar-refractivity contribution in [2.24, 2.45) is 0 Å². The van der Waals surface area contributed by atoms with Gasteiger partial charge in [0.25, 0.3) is 0 Å². The second-order valence-corrected chi connectivity index (χ2v) is 5.99. The lowest BCUT2D eigenvalue weighted by Crippen LogP contribution is -2.12. The first-order valence-corrected chi connectivity index (χ1v) is 8.79. The molecule has 134 valence electrons. The lowest BCUT2D eigenvalue weighted by atomic mass is 10.1. The molecule has 0 radical (unpaired) electrons. The maximum Gasteiger partial charge on any atom is 0.224 e. The summed E-state index contributed by atoms with van der Waals surface area (Å²) < 4.78 is 11.2. The van der Waals surface area contributed by atoms with E-state index in [0.717, 1.165) is 22.7 Å². The number of aryl methyl sites for hydroxylation is 3. The zero-order chi connectivity index (χ0) is 18.2. The Morgan fingerprint density at radius 2 is 1.64 bits per heavy atom. The summed E-state index contributed by atoms with van der Waals surface area (Å²) in [5.74, 6) is 1.49. The number of carbonyl (C=O) groups is 1. The summed E-state index contributed by atoms with van der Waals surface area (Å²) in [5, 5.41) is 2.96. The van der Waals surface area contributed by atoms with E-state index in [-0.39, 0.29) is 5.91 Å². The van der Waals surface area contributed by atoms with E-state index in [1.54, 1.807) is 0 Å². The Morgan fingerprint density at radius 1 is 0.920 bits per heavy atom. The van der Waals surface area contributed by atoms with E-state index in [2.05, 4.69) is 12.2 Å². The highest BCUT2D eigenvalue weighted by Gasteiger charge is 2.08. The average Bonchev–Trinajstić information content (AvgIpc) is 2.59. The molecule has 1 N–H and O–H groups in total. The third-order valence-corrected chi connectivity index (χ3v) is 4.04. The van der Waals surface area contributed by atoms with Crippen molar-refractivity contribution in [2.75, 3.05) is 18.5 Å². The summed E-state index contributed by atoms with van der Waals surface area (Å²) in [4.78, 5) is 12.2. The number of rotatable bonds is 8. The molecule has 4 heteroatoms. The van der Waals surface area contributed by atoms with Crippen LogP contribution in [0.25, 0.3) is 0 Å². The van der Waals surface area contributed by atoms with Crippen LogP contribution in [0.2, 0.25) is 0 Å². The number of anilines is 1. The first kappa shape index (κ1) is 18.8. The van der Waals surface area contributed by atoms with Crippen molar-refractivity contribution in [3.63, 3.8) is 0 Å². The lowest BCUT2D eigenvalue weighted by molar-refractivity contribution is -0.116. The number of carbonyl (C=O) groups excluding carboxylic acids is 1. The van der Waals surface area contributed by atoms with Crippen LogP contribution in [0, 0.1) is 13.8 Å². The van der Waals surface area contributed by atoms with Crippen LogP contribution in [0.4, 0.5) is 5.69 Å². The molecule has 0 saturated heterocycles. The summed E-state index contributed by atoms with van der Waals surface area (Å²) in [7, 11) is 0. The predicted octanol–water partition coefficient (Wildman–Crippen LogP) is 4.67. The van der Waals surface area contributed by atoms with Crippen LogP contribution in [0.15, 0.2) is 36.4 Å². The van der Waals surface area contributed by atoms with E-state index in [1.165, 1.54) is 11.1 Å². The Kier molecular flexibility index (Phi) is 6.87. The second-order valence-electron chi connectivity index (χ2n) is 5.99. The fraction of sp³-hybridized carbons (Fsp3) is 0.381. The largest absolute Gasteiger partial charge is 0.490 e. The summed E-state index contributed by atoms with van der Waals surface area (Å²) in [6.45, 7) is 9.16. The van der Waals surface area contributed by atoms with Crippen LogP contribution in [0.3, 0.4) is 0 Å². The van der Waals surface area contributed by atoms with Crippen LogP contribution in [-0.2, 0) is 11.2 Å². The van der Waals surface area contributed by atoms with Gasteiger partial charge in [0, 0.05) is 12.1 Å². The first-order chi connectivity index (χ1) is 12.0. The third-order valence-electron chi connectivity index (χ3n) is 4.04. The first-order valence-electron chi connectivity index (χ1n) is 8.79. The Morgan fingerprint density at radius 3 is 2.32 bits per heavy atom. The van der Waals surface area contributed by atoms with Crippen LogP contribution < -0.4 is 14.8 Å². The topological polar surface area (TPSA) is 47.6 Å². The normalized spacial score (nSPS) is 10.4. The molecule has 0 aliphatic rings. The van der Waals surface area contributed by atoms with Crippen LogP contribution in [0.1, 0.15) is 37.0 Å². The van der Waals surface area contributed by atoms with E-state index in [0.29, 0.717) is 26.1 Å². The molecule has 1 amide bonds. The number of ether oxygens (including phenoxy) is 2. The van der Waals surface area contributed by atoms with Gasteiger partial charge in [0.05, 0.1) is 13.2 Å². The molecule has 2 aromatic carbocycles. The Hall–Kier alpha value is -2.49. The number of amides is 1. The highest BCUT2D eigenvalue weighted by molar-refractivity contribution is 5.91. The Labute approximate surface area is 150 Å². The van der Waals surface area contributed by atoms with E-state index in [4.69, 9.17) is 9.47 Å². The lowest BCUT2D eigenvalue weighted by Gasteiger charge is -2.12. The summed E-state index contributed by atoms with van der Waals surface area (Å²) in [5.41, 5.74) is 4.29. The average molecular weight is 341 g/mol. The number of hydrogen-bond donors (Lipinski definition) is 1. The molecule has 0 heterocycles. The number of benzene rings is 2. The van der Waals surface area contributed by atoms with Gasteiger partial charge in [-0.2, -0.15) is 0 Å². The van der Waals surface area contributed by atoms with E-state index in [1.807, 2.05) is 57.2 Å². The van der Waals surface area contributed by atoms with Gasteiger partial charge in [-0.15, -0.1) is 0 Å². The minimum absolute atomic E-state index is 0.00935. The van der Waals surface area contributed by atoms with Crippen molar-refractivity contribution in [1.82, 2.24) is 0 Å². The number of hydrogen-bond acceptors (Lipinski definition) is 3. The van der Waals surface area contributed by atoms with Gasteiger partial charge >= 0.3 is 0 Å². The van der Waals surface area contributed by atoms with Gasteiger partial charge in [-0.1, -0.05) is 12.1 Å². The van der Waals surface area contributed by atoms with Crippen molar-refractivity contribution in [3.05, 3.63) is 53.1 Å². The monoisotopic (exact) mass is 341 g/mol. The minimum atomic E-state index is 0.00935. The van der Waals surface area contributed by atoms with Gasteiger partial charge < -0.3 is 14.8 Å². The molecule has 0 spiro atoms. The molecule has 0 unspecified atom stereocenters. The zero-order valence-electron chi connectivity index (χ0n) is 15.5. The summed E-state index contributed by atoms with van der Waals surface area (Å²) in [6.07, 6.45) is 1.08. The minimum Gasteiger partial charge on any atom is -0.490 e.